The summed E-state index contributed by atoms with van der Waals surface area (Å²) in [4.78, 5) is 10.5. The van der Waals surface area contributed by atoms with Crippen LogP contribution in [0.4, 0.5) is 4.79 Å². The summed E-state index contributed by atoms with van der Waals surface area (Å²) >= 11 is 16.4. The van der Waals surface area contributed by atoms with Crippen molar-refractivity contribution in [2.24, 2.45) is 0 Å². The van der Waals surface area contributed by atoms with Crippen molar-refractivity contribution >= 4 is 40.9 Å². The first-order valence-corrected chi connectivity index (χ1v) is 4.65. The number of alkyl halides is 3. The highest BCUT2D eigenvalue weighted by Crippen LogP contribution is 2.30. The van der Waals surface area contributed by atoms with Crippen LogP contribution in [0.25, 0.3) is 0 Å². The fraction of sp³-hybridized carbons (Fsp3) is 0.571. The topological polar surface area (TPSA) is 38.3 Å². The first-order valence-electron chi connectivity index (χ1n) is 3.52. The molecule has 1 amide bonds. The molecule has 0 aromatic rings. The average molecular weight is 247 g/mol. The van der Waals surface area contributed by atoms with Gasteiger partial charge in [0.15, 0.2) is 3.79 Å². The number of rotatable bonds is 3. The highest BCUT2D eigenvalue weighted by atomic mass is 35.6. The zero-order valence-electron chi connectivity index (χ0n) is 7.02. The fourth-order valence-corrected chi connectivity index (χ4v) is 0.748. The van der Waals surface area contributed by atoms with E-state index in [-0.39, 0.29) is 13.0 Å². The van der Waals surface area contributed by atoms with E-state index in [9.17, 15) is 4.79 Å². The van der Waals surface area contributed by atoms with Gasteiger partial charge in [0.1, 0.15) is 6.61 Å². The van der Waals surface area contributed by atoms with E-state index >= 15 is 0 Å². The van der Waals surface area contributed by atoms with Crippen LogP contribution in [0.3, 0.4) is 0 Å². The van der Waals surface area contributed by atoms with Crippen molar-refractivity contribution in [1.82, 2.24) is 5.32 Å². The van der Waals surface area contributed by atoms with Gasteiger partial charge in [-0.1, -0.05) is 47.0 Å². The number of carbonyl (C=O) groups is 1. The number of ether oxygens (including phenoxy) is 1. The first-order chi connectivity index (χ1) is 5.95. The summed E-state index contributed by atoms with van der Waals surface area (Å²) in [5.74, 6) is 0. The molecule has 3 nitrogen and oxygen atoms in total. The zero-order valence-corrected chi connectivity index (χ0v) is 9.29. The molecule has 0 bridgehead atoms. The zero-order chi connectivity index (χ0) is 10.3. The lowest BCUT2D eigenvalue weighted by Gasteiger charge is -2.05. The van der Waals surface area contributed by atoms with E-state index < -0.39 is 9.89 Å². The minimum absolute atomic E-state index is 0.167. The van der Waals surface area contributed by atoms with Crippen molar-refractivity contribution < 1.29 is 9.53 Å². The maximum atomic E-state index is 10.5. The lowest BCUT2D eigenvalue weighted by Crippen LogP contribution is -2.19. The summed E-state index contributed by atoms with van der Waals surface area (Å²) in [6.45, 7) is 0.167. The number of nitrogens with one attached hydrogen (secondary N) is 1. The highest BCUT2D eigenvalue weighted by Gasteiger charge is 2.16. The Bertz CT molecular complexity index is 189. The van der Waals surface area contributed by atoms with E-state index in [4.69, 9.17) is 34.8 Å². The molecule has 0 unspecified atom stereocenters. The van der Waals surface area contributed by atoms with Gasteiger partial charge in [0, 0.05) is 13.5 Å². The van der Waals surface area contributed by atoms with Gasteiger partial charge in [-0.15, -0.1) is 0 Å². The molecule has 0 heterocycles. The second kappa shape index (κ2) is 6.35. The molecule has 0 aliphatic rings. The number of hydrogen-bond acceptors (Lipinski definition) is 2. The van der Waals surface area contributed by atoms with Gasteiger partial charge in [0.2, 0.25) is 0 Å². The summed E-state index contributed by atoms with van der Waals surface area (Å²) in [6.07, 6.45) is 3.04. The van der Waals surface area contributed by atoms with Gasteiger partial charge in [0.25, 0.3) is 0 Å². The summed E-state index contributed by atoms with van der Waals surface area (Å²) in [5, 5.41) is 2.30. The Hall–Kier alpha value is -0.120. The molecule has 13 heavy (non-hydrogen) atoms. The molecule has 0 atom stereocenters. The quantitative estimate of drug-likeness (QED) is 0.614. The Balaban J connectivity index is 3.48. The molecule has 0 saturated carbocycles. The molecule has 6 heteroatoms. The van der Waals surface area contributed by atoms with Crippen LogP contribution in [0.2, 0.25) is 0 Å². The van der Waals surface area contributed by atoms with Gasteiger partial charge in [-0.05, 0) is 0 Å². The highest BCUT2D eigenvalue weighted by molar-refractivity contribution is 6.67. The average Bonchev–Trinajstić information content (AvgIpc) is 2.01. The molecular formula is C7H10Cl3NO2. The number of alkyl carbamates (subject to hydrolysis) is 1. The molecule has 0 rings (SSSR count). The third-order valence-corrected chi connectivity index (χ3v) is 1.49. The van der Waals surface area contributed by atoms with E-state index in [0.29, 0.717) is 0 Å². The van der Waals surface area contributed by atoms with Crippen LogP contribution >= 0.6 is 34.8 Å². The van der Waals surface area contributed by atoms with Crippen LogP contribution in [-0.2, 0) is 4.74 Å². The Labute approximate surface area is 92.0 Å². The van der Waals surface area contributed by atoms with Gasteiger partial charge in [0.05, 0.1) is 0 Å². The Morgan fingerprint density at radius 1 is 1.46 bits per heavy atom. The molecule has 0 spiro atoms. The lowest BCUT2D eigenvalue weighted by atomic mass is 10.4. The molecular weight excluding hydrogens is 236 g/mol. The van der Waals surface area contributed by atoms with Gasteiger partial charge in [-0.3, -0.25) is 0 Å². The summed E-state index contributed by atoms with van der Waals surface area (Å²) in [6, 6.07) is 0. The molecule has 0 aromatic carbocycles. The third kappa shape index (κ3) is 9.80. The minimum atomic E-state index is -1.29. The van der Waals surface area contributed by atoms with E-state index in [1.807, 2.05) is 0 Å². The van der Waals surface area contributed by atoms with Gasteiger partial charge in [-0.2, -0.15) is 0 Å². The molecule has 0 aliphatic carbocycles. The van der Waals surface area contributed by atoms with Crippen molar-refractivity contribution in [3.8, 4) is 0 Å². The maximum absolute atomic E-state index is 10.5. The monoisotopic (exact) mass is 245 g/mol. The predicted octanol–water partition coefficient (Wildman–Crippen LogP) is 2.66. The smallest absolute Gasteiger partial charge is 0.407 e. The third-order valence-electron chi connectivity index (χ3n) is 1.03. The van der Waals surface area contributed by atoms with Crippen LogP contribution in [0, 0.1) is 0 Å². The van der Waals surface area contributed by atoms with Crippen LogP contribution in [0.1, 0.15) is 6.42 Å². The van der Waals surface area contributed by atoms with Gasteiger partial charge in [-0.25, -0.2) is 4.79 Å². The van der Waals surface area contributed by atoms with E-state index in [0.717, 1.165) is 0 Å². The molecule has 0 saturated heterocycles. The Morgan fingerprint density at radius 2 is 2.08 bits per heavy atom. The van der Waals surface area contributed by atoms with Gasteiger partial charge < -0.3 is 10.1 Å². The normalized spacial score (nSPS) is 11.7. The maximum Gasteiger partial charge on any atom is 0.407 e. The SMILES string of the molecule is CNC(=O)OCC=CCC(Cl)(Cl)Cl. The Morgan fingerprint density at radius 3 is 2.54 bits per heavy atom. The molecule has 1 N–H and O–H groups in total. The van der Waals surface area contributed by atoms with Crippen molar-refractivity contribution in [3.05, 3.63) is 12.2 Å². The standard InChI is InChI=1S/C7H10Cl3NO2/c1-11-6(12)13-5-3-2-4-7(8,9)10/h2-3H,4-5H2,1H3,(H,11,12). The Kier molecular flexibility index (Phi) is 6.29. The van der Waals surface area contributed by atoms with E-state index in [2.05, 4.69) is 10.1 Å². The van der Waals surface area contributed by atoms with Crippen molar-refractivity contribution in [2.45, 2.75) is 10.2 Å². The van der Waals surface area contributed by atoms with E-state index in [1.165, 1.54) is 7.05 Å². The number of amides is 1. The number of allylic oxidation sites excluding steroid dienone is 1. The summed E-state index contributed by atoms with van der Waals surface area (Å²) < 4.78 is 3.35. The van der Waals surface area contributed by atoms with Crippen molar-refractivity contribution in [3.63, 3.8) is 0 Å². The second-order valence-electron chi connectivity index (χ2n) is 2.14. The molecule has 0 radical (unpaired) electrons. The second-order valence-corrected chi connectivity index (χ2v) is 4.66. The van der Waals surface area contributed by atoms with Crippen molar-refractivity contribution in [1.29, 1.82) is 0 Å². The molecule has 0 aliphatic heterocycles. The largest absolute Gasteiger partial charge is 0.445 e. The summed E-state index contributed by atoms with van der Waals surface area (Å²) in [7, 11) is 1.48. The minimum Gasteiger partial charge on any atom is -0.445 e. The predicted molar refractivity (Wildman–Crippen MR) is 54.5 cm³/mol. The van der Waals surface area contributed by atoms with Crippen molar-refractivity contribution in [2.75, 3.05) is 13.7 Å². The number of halogens is 3. The van der Waals surface area contributed by atoms with Crippen LogP contribution in [0.15, 0.2) is 12.2 Å². The van der Waals surface area contributed by atoms with Crippen LogP contribution in [0.5, 0.6) is 0 Å². The molecule has 76 valence electrons. The lowest BCUT2D eigenvalue weighted by molar-refractivity contribution is 0.160. The van der Waals surface area contributed by atoms with Crippen LogP contribution < -0.4 is 5.32 Å². The number of hydrogen-bond donors (Lipinski definition) is 1. The molecule has 0 fully saturated rings. The first kappa shape index (κ1) is 12.9. The van der Waals surface area contributed by atoms with Crippen LogP contribution in [-0.4, -0.2) is 23.5 Å². The molecule has 0 aromatic heterocycles. The van der Waals surface area contributed by atoms with Gasteiger partial charge >= 0.3 is 6.09 Å². The van der Waals surface area contributed by atoms with E-state index in [1.54, 1.807) is 12.2 Å². The number of carbonyl (C=O) groups excluding carboxylic acids is 1. The fourth-order valence-electron chi connectivity index (χ4n) is 0.481. The summed E-state index contributed by atoms with van der Waals surface area (Å²) in [5.41, 5.74) is 0.